The van der Waals surface area contributed by atoms with Crippen molar-refractivity contribution < 1.29 is 14.3 Å². The summed E-state index contributed by atoms with van der Waals surface area (Å²) in [7, 11) is 0. The van der Waals surface area contributed by atoms with Gasteiger partial charge in [-0.05, 0) is 30.7 Å². The molecule has 1 aromatic heterocycles. The molecule has 0 aliphatic carbocycles. The van der Waals surface area contributed by atoms with E-state index in [0.29, 0.717) is 11.6 Å². The lowest BCUT2D eigenvalue weighted by atomic mass is 10.1. The minimum absolute atomic E-state index is 0.00759. The number of anilines is 1. The van der Waals surface area contributed by atoms with Gasteiger partial charge in [-0.25, -0.2) is 4.98 Å². The van der Waals surface area contributed by atoms with Crippen LogP contribution in [0.25, 0.3) is 11.5 Å². The van der Waals surface area contributed by atoms with E-state index >= 15 is 0 Å². The predicted molar refractivity (Wildman–Crippen MR) is 91.3 cm³/mol. The Labute approximate surface area is 140 Å². The van der Waals surface area contributed by atoms with E-state index in [-0.39, 0.29) is 12.3 Å². The van der Waals surface area contributed by atoms with Gasteiger partial charge in [-0.3, -0.25) is 4.79 Å². The third-order valence-electron chi connectivity index (χ3n) is 3.58. The molecule has 0 radical (unpaired) electrons. The van der Waals surface area contributed by atoms with Crippen molar-refractivity contribution >= 4 is 11.6 Å². The quantitative estimate of drug-likeness (QED) is 0.751. The highest BCUT2D eigenvalue weighted by Crippen LogP contribution is 2.23. The highest BCUT2D eigenvalue weighted by molar-refractivity contribution is 5.91. The lowest BCUT2D eigenvalue weighted by molar-refractivity contribution is -0.118. The molecule has 3 rings (SSSR count). The number of benzene rings is 2. The molecule has 122 valence electrons. The normalized spacial score (nSPS) is 11.9. The zero-order valence-corrected chi connectivity index (χ0v) is 13.3. The number of aliphatic hydroxyl groups excluding tert-OH is 1. The topological polar surface area (TPSA) is 75.4 Å². The van der Waals surface area contributed by atoms with Gasteiger partial charge < -0.3 is 14.8 Å². The molecule has 1 amide bonds. The third-order valence-corrected chi connectivity index (χ3v) is 3.58. The van der Waals surface area contributed by atoms with Gasteiger partial charge in [0.25, 0.3) is 0 Å². The van der Waals surface area contributed by atoms with Gasteiger partial charge in [-0.2, -0.15) is 0 Å². The van der Waals surface area contributed by atoms with Crippen LogP contribution in [-0.4, -0.2) is 16.0 Å². The van der Waals surface area contributed by atoms with Crippen molar-refractivity contribution in [1.82, 2.24) is 4.98 Å². The van der Waals surface area contributed by atoms with E-state index in [1.165, 1.54) is 0 Å². The van der Waals surface area contributed by atoms with Crippen molar-refractivity contribution in [3.05, 3.63) is 72.1 Å². The Morgan fingerprint density at radius 1 is 1.21 bits per heavy atom. The average molecular weight is 322 g/mol. The summed E-state index contributed by atoms with van der Waals surface area (Å²) < 4.78 is 5.49. The summed E-state index contributed by atoms with van der Waals surface area (Å²) in [6.45, 7) is 1.83. The Hall–Kier alpha value is -2.92. The highest BCUT2D eigenvalue weighted by atomic mass is 16.4. The molecule has 3 aromatic rings. The van der Waals surface area contributed by atoms with Gasteiger partial charge in [0.05, 0.1) is 18.7 Å². The second kappa shape index (κ2) is 7.10. The molecular formula is C19H18N2O3. The van der Waals surface area contributed by atoms with E-state index in [1.807, 2.05) is 37.3 Å². The molecule has 0 fully saturated rings. The van der Waals surface area contributed by atoms with E-state index < -0.39 is 6.10 Å². The lowest BCUT2D eigenvalue weighted by Gasteiger charge is -2.11. The number of carbonyl (C=O) groups excluding carboxylic acids is 1. The lowest BCUT2D eigenvalue weighted by Crippen LogP contribution is -2.15. The van der Waals surface area contributed by atoms with Crippen LogP contribution in [0, 0.1) is 6.92 Å². The van der Waals surface area contributed by atoms with Crippen LogP contribution in [0.15, 0.2) is 65.2 Å². The molecule has 0 saturated heterocycles. The predicted octanol–water partition coefficient (Wildman–Crippen LogP) is 3.71. The molecule has 1 unspecified atom stereocenters. The summed E-state index contributed by atoms with van der Waals surface area (Å²) in [5, 5.41) is 12.9. The zero-order chi connectivity index (χ0) is 16.9. The van der Waals surface area contributed by atoms with E-state index in [2.05, 4.69) is 10.3 Å². The van der Waals surface area contributed by atoms with E-state index in [4.69, 9.17) is 4.42 Å². The minimum Gasteiger partial charge on any atom is -0.441 e. The number of amides is 1. The van der Waals surface area contributed by atoms with Gasteiger partial charge >= 0.3 is 0 Å². The summed E-state index contributed by atoms with van der Waals surface area (Å²) in [6.07, 6.45) is 0.812. The second-order valence-electron chi connectivity index (χ2n) is 5.54. The van der Waals surface area contributed by atoms with Crippen LogP contribution in [0.4, 0.5) is 5.69 Å². The fraction of sp³-hybridized carbons (Fsp3) is 0.158. The van der Waals surface area contributed by atoms with Crippen LogP contribution in [0.2, 0.25) is 0 Å². The van der Waals surface area contributed by atoms with Crippen LogP contribution < -0.4 is 5.32 Å². The van der Waals surface area contributed by atoms with Crippen molar-refractivity contribution in [3.63, 3.8) is 0 Å². The molecule has 2 N–H and O–H groups in total. The maximum Gasteiger partial charge on any atom is 0.227 e. The Kier molecular flexibility index (Phi) is 4.72. The van der Waals surface area contributed by atoms with Crippen molar-refractivity contribution in [2.75, 3.05) is 5.32 Å². The number of carbonyl (C=O) groups is 1. The summed E-state index contributed by atoms with van der Waals surface area (Å²) in [4.78, 5) is 16.3. The molecule has 24 heavy (non-hydrogen) atoms. The molecule has 5 nitrogen and oxygen atoms in total. The molecule has 5 heteroatoms. The van der Waals surface area contributed by atoms with E-state index in [0.717, 1.165) is 16.9 Å². The fourth-order valence-electron chi connectivity index (χ4n) is 2.40. The first-order valence-electron chi connectivity index (χ1n) is 7.67. The second-order valence-corrected chi connectivity index (χ2v) is 5.54. The number of hydrogen-bond acceptors (Lipinski definition) is 4. The van der Waals surface area contributed by atoms with Gasteiger partial charge in [-0.15, -0.1) is 0 Å². The Morgan fingerprint density at radius 3 is 2.71 bits per heavy atom. The molecular weight excluding hydrogens is 304 g/mol. The Bertz CT molecular complexity index is 827. The number of nitrogens with one attached hydrogen (secondary N) is 1. The summed E-state index contributed by atoms with van der Waals surface area (Å²) in [6, 6.07) is 16.4. The first kappa shape index (κ1) is 16.0. The average Bonchev–Trinajstić information content (AvgIpc) is 3.02. The molecule has 1 atom stereocenters. The van der Waals surface area contributed by atoms with Gasteiger partial charge in [0.1, 0.15) is 5.76 Å². The van der Waals surface area contributed by atoms with Gasteiger partial charge in [0.2, 0.25) is 11.8 Å². The molecule has 1 heterocycles. The number of hydrogen-bond donors (Lipinski definition) is 2. The molecule has 0 bridgehead atoms. The monoisotopic (exact) mass is 322 g/mol. The fourth-order valence-corrected chi connectivity index (χ4v) is 2.40. The van der Waals surface area contributed by atoms with E-state index in [9.17, 15) is 9.90 Å². The van der Waals surface area contributed by atoms with Crippen molar-refractivity contribution in [2.24, 2.45) is 0 Å². The van der Waals surface area contributed by atoms with E-state index in [1.54, 1.807) is 30.5 Å². The maximum absolute atomic E-state index is 12.1. The van der Waals surface area contributed by atoms with Crippen molar-refractivity contribution in [2.45, 2.75) is 19.4 Å². The van der Waals surface area contributed by atoms with Gasteiger partial charge in [-0.1, -0.05) is 36.4 Å². The van der Waals surface area contributed by atoms with Crippen LogP contribution in [0.3, 0.4) is 0 Å². The summed E-state index contributed by atoms with van der Waals surface area (Å²) >= 11 is 0. The van der Waals surface area contributed by atoms with Crippen LogP contribution in [0.1, 0.15) is 23.8 Å². The Balaban J connectivity index is 1.66. The zero-order valence-electron chi connectivity index (χ0n) is 13.3. The number of aliphatic hydroxyl groups is 1. The number of nitrogens with zero attached hydrogens (tertiary/aromatic N) is 1. The number of oxazole rings is 1. The molecule has 0 aliphatic heterocycles. The Morgan fingerprint density at radius 2 is 2.00 bits per heavy atom. The summed E-state index contributed by atoms with van der Waals surface area (Å²) in [5.41, 5.74) is 2.13. The smallest absolute Gasteiger partial charge is 0.227 e. The van der Waals surface area contributed by atoms with Crippen LogP contribution >= 0.6 is 0 Å². The first-order chi connectivity index (χ1) is 11.6. The molecule has 2 aromatic carbocycles. The third kappa shape index (κ3) is 3.88. The maximum atomic E-state index is 12.1. The van der Waals surface area contributed by atoms with Gasteiger partial charge in [0, 0.05) is 11.3 Å². The SMILES string of the molecule is Cc1cnc(-c2cccc(NC(=O)CC(O)c3ccccc3)c2)o1. The molecule has 0 aliphatic rings. The largest absolute Gasteiger partial charge is 0.441 e. The van der Waals surface area contributed by atoms with Crippen molar-refractivity contribution in [3.8, 4) is 11.5 Å². The summed E-state index contributed by atoms with van der Waals surface area (Å²) in [5.74, 6) is 0.977. The standard InChI is InChI=1S/C19H18N2O3/c1-13-12-20-19(24-13)15-8-5-9-16(10-15)21-18(23)11-17(22)14-6-3-2-4-7-14/h2-10,12,17,22H,11H2,1H3,(H,21,23). The first-order valence-corrected chi connectivity index (χ1v) is 7.67. The van der Waals surface area contributed by atoms with Crippen molar-refractivity contribution in [1.29, 1.82) is 0 Å². The number of aromatic nitrogens is 1. The number of aryl methyl sites for hydroxylation is 1. The highest BCUT2D eigenvalue weighted by Gasteiger charge is 2.13. The molecule has 0 saturated carbocycles. The minimum atomic E-state index is -0.830. The number of rotatable bonds is 5. The van der Waals surface area contributed by atoms with Crippen LogP contribution in [-0.2, 0) is 4.79 Å². The van der Waals surface area contributed by atoms with Gasteiger partial charge in [0.15, 0.2) is 0 Å². The van der Waals surface area contributed by atoms with Crippen LogP contribution in [0.5, 0.6) is 0 Å². The molecule has 0 spiro atoms.